The lowest BCUT2D eigenvalue weighted by Crippen LogP contribution is -2.37. The number of unbranched alkanes of at least 4 members (excludes halogenated alkanes) is 43. The summed E-state index contributed by atoms with van der Waals surface area (Å²) in [4.78, 5) is 38.0. The summed E-state index contributed by atoms with van der Waals surface area (Å²) >= 11 is 0. The van der Waals surface area contributed by atoms with Gasteiger partial charge in [-0.3, -0.25) is 14.2 Å². The number of likely N-dealkylation sites (N-methyl/N-ethyl adjacent to an activating group) is 1. The Labute approximate surface area is 539 Å². The molecule has 0 saturated heterocycles. The molecule has 0 aliphatic rings. The molecule has 0 heterocycles. The molecule has 0 radical (unpaired) electrons. The van der Waals surface area contributed by atoms with Crippen LogP contribution in [0.4, 0.5) is 0 Å². The molecule has 2 atom stereocenters. The fourth-order valence-electron chi connectivity index (χ4n) is 10.8. The second kappa shape index (κ2) is 67.8. The predicted octanol–water partition coefficient (Wildman–Crippen LogP) is 23.7. The van der Waals surface area contributed by atoms with Gasteiger partial charge < -0.3 is 27.9 Å². The van der Waals surface area contributed by atoms with E-state index < -0.39 is 26.5 Å². The molecule has 0 bridgehead atoms. The van der Waals surface area contributed by atoms with E-state index in [0.717, 1.165) is 83.5 Å². The number of carbonyl (C=O) groups excluding carboxylic acids is 2. The van der Waals surface area contributed by atoms with Crippen LogP contribution in [-0.4, -0.2) is 70.0 Å². The summed E-state index contributed by atoms with van der Waals surface area (Å²) in [6.45, 7) is 4.14. The van der Waals surface area contributed by atoms with Crippen molar-refractivity contribution in [1.29, 1.82) is 0 Å². The smallest absolute Gasteiger partial charge is 0.306 e. The van der Waals surface area contributed by atoms with Crippen LogP contribution < -0.4 is 4.89 Å². The molecule has 0 rings (SSSR count). The van der Waals surface area contributed by atoms with Crippen LogP contribution in [0.15, 0.2) is 72.9 Å². The third-order valence-corrected chi connectivity index (χ3v) is 17.5. The van der Waals surface area contributed by atoms with Crippen molar-refractivity contribution in [2.45, 2.75) is 360 Å². The molecule has 508 valence electrons. The average Bonchev–Trinajstić information content (AvgIpc) is 3.68. The zero-order valence-corrected chi connectivity index (χ0v) is 58.9. The maximum absolute atomic E-state index is 12.8. The van der Waals surface area contributed by atoms with Crippen molar-refractivity contribution < 1.29 is 42.1 Å². The SMILES string of the molecule is CC/C=C\C/C=C\C/C=C\C/C=C\C/C=C\C/C=C\CCCCCCC(=O)OC(COC(=O)CCCCCCCCCCCCCCCCCCCCCCCCCCCCCCCCCCCCCCCCCC)COP(=O)([O-])OCC[N+](C)(C)C. The highest BCUT2D eigenvalue weighted by molar-refractivity contribution is 7.45. The Morgan fingerprint density at radius 3 is 0.977 bits per heavy atom. The standard InChI is InChI=1S/C77H142NO8P/c1-6-8-10-12-14-16-18-20-22-24-26-28-30-31-32-33-34-35-36-37-38-39-40-41-42-43-44-45-46-48-49-51-53-55-57-59-61-63-65-67-69-76(79)83-73-75(74-85-87(81,82)84-72-71-78(3,4)5)86-77(80)70-68-66-64-62-60-58-56-54-52-50-47-29-27-25-23-21-19-17-15-13-11-9-7-2/h9,11,15,17,21,23,27,29,50,52,56,58,75H,6-8,10,12-14,16,18-20,22,24-26,28,30-49,51,53-55,57,59-74H2,1-5H3/b11-9-,17-15-,23-21-,29-27-,52-50-,58-56-. The van der Waals surface area contributed by atoms with Crippen LogP contribution in [0.3, 0.4) is 0 Å². The minimum atomic E-state index is -4.65. The topological polar surface area (TPSA) is 111 Å². The zero-order chi connectivity index (χ0) is 63.4. The van der Waals surface area contributed by atoms with E-state index in [0.29, 0.717) is 17.4 Å². The molecule has 0 spiro atoms. The minimum absolute atomic E-state index is 0.0381. The molecule has 87 heavy (non-hydrogen) atoms. The number of nitrogens with zero attached hydrogens (tertiary/aromatic N) is 1. The molecule has 0 aromatic carbocycles. The highest BCUT2D eigenvalue weighted by Crippen LogP contribution is 2.38. The Hall–Kier alpha value is -2.55. The molecule has 0 saturated carbocycles. The molecule has 2 unspecified atom stereocenters. The number of rotatable bonds is 69. The van der Waals surface area contributed by atoms with E-state index in [9.17, 15) is 19.0 Å². The summed E-state index contributed by atoms with van der Waals surface area (Å²) < 4.78 is 34.3. The van der Waals surface area contributed by atoms with E-state index in [-0.39, 0.29) is 32.0 Å². The summed E-state index contributed by atoms with van der Waals surface area (Å²) in [5.74, 6) is -0.852. The number of quaternary nitrogens is 1. The van der Waals surface area contributed by atoms with Gasteiger partial charge in [-0.1, -0.05) is 350 Å². The first-order chi connectivity index (χ1) is 42.5. The third-order valence-electron chi connectivity index (χ3n) is 16.5. The first-order valence-electron chi connectivity index (χ1n) is 37.1. The summed E-state index contributed by atoms with van der Waals surface area (Å²) in [6, 6.07) is 0. The molecule has 9 nitrogen and oxygen atoms in total. The number of ether oxygens (including phenoxy) is 2. The molecular weight excluding hydrogens is 1100 g/mol. The molecule has 0 amide bonds. The molecule has 0 aromatic heterocycles. The van der Waals surface area contributed by atoms with Gasteiger partial charge in [-0.25, -0.2) is 0 Å². The molecule has 0 aliphatic carbocycles. The maximum Gasteiger partial charge on any atom is 0.306 e. The third kappa shape index (κ3) is 72.4. The quantitative estimate of drug-likeness (QED) is 0.0195. The van der Waals surface area contributed by atoms with Crippen molar-refractivity contribution in [3.63, 3.8) is 0 Å². The van der Waals surface area contributed by atoms with Crippen molar-refractivity contribution in [1.82, 2.24) is 0 Å². The van der Waals surface area contributed by atoms with Crippen LogP contribution in [0.5, 0.6) is 0 Å². The number of allylic oxidation sites excluding steroid dienone is 12. The van der Waals surface area contributed by atoms with Gasteiger partial charge in [0.1, 0.15) is 19.8 Å². The first kappa shape index (κ1) is 84.5. The number of carbonyl (C=O) groups is 2. The summed E-state index contributed by atoms with van der Waals surface area (Å²) in [6.07, 6.45) is 91.7. The van der Waals surface area contributed by atoms with Gasteiger partial charge in [-0.05, 0) is 64.2 Å². The fraction of sp³-hybridized carbons (Fsp3) is 0.818. The summed E-state index contributed by atoms with van der Waals surface area (Å²) in [5.41, 5.74) is 0. The van der Waals surface area contributed by atoms with E-state index >= 15 is 0 Å². The number of phosphoric acid groups is 1. The number of hydrogen-bond donors (Lipinski definition) is 0. The van der Waals surface area contributed by atoms with Gasteiger partial charge in [0.15, 0.2) is 6.10 Å². The van der Waals surface area contributed by atoms with Gasteiger partial charge in [-0.2, -0.15) is 0 Å². The molecule has 0 aliphatic heterocycles. The Balaban J connectivity index is 3.93. The van der Waals surface area contributed by atoms with Gasteiger partial charge >= 0.3 is 11.9 Å². The van der Waals surface area contributed by atoms with Crippen LogP contribution in [0.2, 0.25) is 0 Å². The Morgan fingerprint density at radius 1 is 0.368 bits per heavy atom. The Morgan fingerprint density at radius 2 is 0.655 bits per heavy atom. The van der Waals surface area contributed by atoms with E-state index in [1.165, 1.54) is 238 Å². The second-order valence-corrected chi connectivity index (χ2v) is 27.7. The van der Waals surface area contributed by atoms with E-state index in [4.69, 9.17) is 18.5 Å². The fourth-order valence-corrected chi connectivity index (χ4v) is 11.6. The zero-order valence-electron chi connectivity index (χ0n) is 58.0. The lowest BCUT2D eigenvalue weighted by molar-refractivity contribution is -0.870. The summed E-state index contributed by atoms with van der Waals surface area (Å²) in [5, 5.41) is 0. The lowest BCUT2D eigenvalue weighted by atomic mass is 10.0. The average molecular weight is 1240 g/mol. The van der Waals surface area contributed by atoms with E-state index in [1.807, 2.05) is 21.1 Å². The molecule has 0 aromatic rings. The molecule has 0 fully saturated rings. The molecule has 0 N–H and O–H groups in total. The van der Waals surface area contributed by atoms with E-state index in [2.05, 4.69) is 86.8 Å². The first-order valence-corrected chi connectivity index (χ1v) is 38.6. The van der Waals surface area contributed by atoms with Crippen molar-refractivity contribution in [2.75, 3.05) is 47.5 Å². The predicted molar refractivity (Wildman–Crippen MR) is 374 cm³/mol. The van der Waals surface area contributed by atoms with Crippen LogP contribution in [0, 0.1) is 0 Å². The highest BCUT2D eigenvalue weighted by Gasteiger charge is 2.22. The Kier molecular flexibility index (Phi) is 65.8. The highest BCUT2D eigenvalue weighted by atomic mass is 31.2. The van der Waals surface area contributed by atoms with Gasteiger partial charge in [0.05, 0.1) is 27.7 Å². The normalized spacial score (nSPS) is 13.5. The maximum atomic E-state index is 12.8. The number of esters is 2. The van der Waals surface area contributed by atoms with Crippen LogP contribution >= 0.6 is 7.82 Å². The Bertz CT molecular complexity index is 1700. The van der Waals surface area contributed by atoms with Crippen LogP contribution in [0.25, 0.3) is 0 Å². The van der Waals surface area contributed by atoms with Gasteiger partial charge in [0, 0.05) is 12.8 Å². The van der Waals surface area contributed by atoms with Gasteiger partial charge in [-0.15, -0.1) is 0 Å². The largest absolute Gasteiger partial charge is 0.756 e. The molecular formula is C77H142NO8P. The second-order valence-electron chi connectivity index (χ2n) is 26.3. The lowest BCUT2D eigenvalue weighted by Gasteiger charge is -2.28. The van der Waals surface area contributed by atoms with Crippen molar-refractivity contribution >= 4 is 19.8 Å². The number of hydrogen-bond acceptors (Lipinski definition) is 8. The molecule has 10 heteroatoms. The monoisotopic (exact) mass is 1240 g/mol. The van der Waals surface area contributed by atoms with Gasteiger partial charge in [0.25, 0.3) is 7.82 Å². The van der Waals surface area contributed by atoms with Crippen molar-refractivity contribution in [3.8, 4) is 0 Å². The number of phosphoric ester groups is 1. The minimum Gasteiger partial charge on any atom is -0.756 e. The van der Waals surface area contributed by atoms with Gasteiger partial charge in [0.2, 0.25) is 0 Å². The van der Waals surface area contributed by atoms with E-state index in [1.54, 1.807) is 0 Å². The van der Waals surface area contributed by atoms with Crippen molar-refractivity contribution in [2.24, 2.45) is 0 Å². The van der Waals surface area contributed by atoms with Crippen molar-refractivity contribution in [3.05, 3.63) is 72.9 Å². The van der Waals surface area contributed by atoms with Crippen LogP contribution in [0.1, 0.15) is 354 Å². The summed E-state index contributed by atoms with van der Waals surface area (Å²) in [7, 11) is 1.15. The van der Waals surface area contributed by atoms with Crippen LogP contribution in [-0.2, 0) is 32.7 Å².